The molecule has 1 amide bonds. The minimum Gasteiger partial charge on any atom is -0.368 e. The molecule has 0 aromatic heterocycles. The molecule has 0 saturated carbocycles. The van der Waals surface area contributed by atoms with Gasteiger partial charge in [0.2, 0.25) is 0 Å². The summed E-state index contributed by atoms with van der Waals surface area (Å²) in [6.45, 7) is 1.77. The molecule has 2 saturated heterocycles. The van der Waals surface area contributed by atoms with Crippen molar-refractivity contribution in [3.05, 3.63) is 10.4 Å². The maximum absolute atomic E-state index is 11.6. The molecule has 0 spiro atoms. The lowest BCUT2D eigenvalue weighted by atomic mass is 10.1. The third-order valence-electron chi connectivity index (χ3n) is 2.59. The molecule has 0 aromatic carbocycles. The Morgan fingerprint density at radius 3 is 2.93 bits per heavy atom. The Morgan fingerprint density at radius 2 is 2.36 bits per heavy atom. The molecule has 0 bridgehead atoms. The summed E-state index contributed by atoms with van der Waals surface area (Å²) in [6.07, 6.45) is 1.54. The van der Waals surface area contributed by atoms with Crippen molar-refractivity contribution in [2.24, 2.45) is 5.11 Å². The van der Waals surface area contributed by atoms with Crippen LogP contribution in [0.25, 0.3) is 10.4 Å². The van der Waals surface area contributed by atoms with Gasteiger partial charge in [0.15, 0.2) is 0 Å². The van der Waals surface area contributed by atoms with Crippen LogP contribution < -0.4 is 0 Å². The monoisotopic (exact) mass is 196 g/mol. The van der Waals surface area contributed by atoms with E-state index in [0.717, 1.165) is 12.8 Å². The zero-order chi connectivity index (χ0) is 9.97. The Kier molecular flexibility index (Phi) is 2.56. The third-order valence-corrected chi connectivity index (χ3v) is 2.59. The normalized spacial score (nSPS) is 26.9. The van der Waals surface area contributed by atoms with Crippen molar-refractivity contribution >= 4 is 5.91 Å². The van der Waals surface area contributed by atoms with Crippen molar-refractivity contribution < 1.29 is 9.53 Å². The lowest BCUT2D eigenvalue weighted by Gasteiger charge is -2.37. The fourth-order valence-electron chi connectivity index (χ4n) is 1.76. The Hall–Kier alpha value is -1.26. The predicted octanol–water partition coefficient (Wildman–Crippen LogP) is 0.686. The lowest BCUT2D eigenvalue weighted by molar-refractivity contribution is -0.145. The molecule has 2 rings (SSSR count). The molecule has 0 aromatic rings. The van der Waals surface area contributed by atoms with Gasteiger partial charge in [-0.2, -0.15) is 0 Å². The highest BCUT2D eigenvalue weighted by Gasteiger charge is 2.35. The van der Waals surface area contributed by atoms with E-state index in [1.165, 1.54) is 0 Å². The largest absolute Gasteiger partial charge is 0.368 e. The smallest absolute Gasteiger partial charge is 0.251 e. The molecule has 6 heteroatoms. The number of hydrogen-bond acceptors (Lipinski definition) is 3. The summed E-state index contributed by atoms with van der Waals surface area (Å²) >= 11 is 0. The highest BCUT2D eigenvalue weighted by Crippen LogP contribution is 2.19. The number of carbonyl (C=O) groups is 1. The van der Waals surface area contributed by atoms with Crippen LogP contribution in [-0.2, 0) is 9.53 Å². The first-order valence-corrected chi connectivity index (χ1v) is 4.76. The van der Waals surface area contributed by atoms with Gasteiger partial charge >= 0.3 is 0 Å². The molecule has 2 fully saturated rings. The Bertz CT molecular complexity index is 275. The molecule has 0 unspecified atom stereocenters. The quantitative estimate of drug-likeness (QED) is 0.370. The zero-order valence-electron chi connectivity index (χ0n) is 7.80. The van der Waals surface area contributed by atoms with Crippen LogP contribution in [0.1, 0.15) is 12.8 Å². The molecule has 0 aliphatic carbocycles. The van der Waals surface area contributed by atoms with Crippen LogP contribution in [0.3, 0.4) is 0 Å². The van der Waals surface area contributed by atoms with Crippen LogP contribution in [0.5, 0.6) is 0 Å². The Labute approximate surface area is 81.5 Å². The van der Waals surface area contributed by atoms with Gasteiger partial charge in [0.1, 0.15) is 6.10 Å². The summed E-state index contributed by atoms with van der Waals surface area (Å²) in [7, 11) is 0. The second-order valence-corrected chi connectivity index (χ2v) is 3.60. The van der Waals surface area contributed by atoms with Gasteiger partial charge in [-0.15, -0.1) is 0 Å². The molecule has 1 atom stereocenters. The van der Waals surface area contributed by atoms with Gasteiger partial charge in [0.05, 0.1) is 6.04 Å². The molecule has 2 aliphatic rings. The number of nitrogens with zero attached hydrogens (tertiary/aromatic N) is 4. The van der Waals surface area contributed by atoms with Crippen molar-refractivity contribution in [1.29, 1.82) is 0 Å². The summed E-state index contributed by atoms with van der Waals surface area (Å²) in [5.74, 6) is 0.0480. The first-order valence-electron chi connectivity index (χ1n) is 4.76. The number of likely N-dealkylation sites (tertiary alicyclic amines) is 1. The molecule has 2 aliphatic heterocycles. The summed E-state index contributed by atoms with van der Waals surface area (Å²) in [4.78, 5) is 16.0. The van der Waals surface area contributed by atoms with Gasteiger partial charge < -0.3 is 9.64 Å². The Morgan fingerprint density at radius 1 is 1.57 bits per heavy atom. The average Bonchev–Trinajstić information content (AvgIpc) is 2.62. The first-order chi connectivity index (χ1) is 6.81. The second kappa shape index (κ2) is 3.86. The minimum atomic E-state index is -0.248. The van der Waals surface area contributed by atoms with Gasteiger partial charge in [-0.3, -0.25) is 4.79 Å². The van der Waals surface area contributed by atoms with Gasteiger partial charge in [-0.25, -0.2) is 0 Å². The predicted molar refractivity (Wildman–Crippen MR) is 48.5 cm³/mol. The van der Waals surface area contributed by atoms with E-state index in [9.17, 15) is 4.79 Å². The van der Waals surface area contributed by atoms with Crippen molar-refractivity contribution in [1.82, 2.24) is 4.90 Å². The number of carbonyl (C=O) groups excluding carboxylic acids is 1. The summed E-state index contributed by atoms with van der Waals surface area (Å²) < 4.78 is 5.27. The SMILES string of the molecule is [N-]=[N+]=NC1CN(C(=O)[C@@H]2CCCO2)C1. The summed E-state index contributed by atoms with van der Waals surface area (Å²) in [5.41, 5.74) is 8.17. The van der Waals surface area contributed by atoms with Crippen molar-refractivity contribution in [3.8, 4) is 0 Å². The van der Waals surface area contributed by atoms with Crippen molar-refractivity contribution in [2.45, 2.75) is 25.0 Å². The molecule has 0 radical (unpaired) electrons. The molecular weight excluding hydrogens is 184 g/mol. The number of hydrogen-bond donors (Lipinski definition) is 0. The molecule has 0 N–H and O–H groups in total. The van der Waals surface area contributed by atoms with Crippen LogP contribution in [0.15, 0.2) is 5.11 Å². The minimum absolute atomic E-state index is 0.0367. The van der Waals surface area contributed by atoms with E-state index in [1.807, 2.05) is 0 Å². The fraction of sp³-hybridized carbons (Fsp3) is 0.875. The van der Waals surface area contributed by atoms with E-state index in [1.54, 1.807) is 4.90 Å². The van der Waals surface area contributed by atoms with Crippen LogP contribution in [0.4, 0.5) is 0 Å². The van der Waals surface area contributed by atoms with Gasteiger partial charge in [-0.1, -0.05) is 5.11 Å². The number of ether oxygens (including phenoxy) is 1. The van der Waals surface area contributed by atoms with E-state index < -0.39 is 0 Å². The van der Waals surface area contributed by atoms with Gasteiger partial charge in [0, 0.05) is 24.6 Å². The fourth-order valence-corrected chi connectivity index (χ4v) is 1.76. The number of rotatable bonds is 2. The lowest BCUT2D eigenvalue weighted by Crippen LogP contribution is -2.55. The summed E-state index contributed by atoms with van der Waals surface area (Å²) in [5, 5.41) is 3.53. The van der Waals surface area contributed by atoms with Crippen molar-refractivity contribution in [3.63, 3.8) is 0 Å². The molecule has 6 nitrogen and oxygen atoms in total. The number of amides is 1. The molecule has 76 valence electrons. The molecule has 14 heavy (non-hydrogen) atoms. The topological polar surface area (TPSA) is 78.3 Å². The first kappa shape index (κ1) is 9.30. The maximum Gasteiger partial charge on any atom is 0.251 e. The van der Waals surface area contributed by atoms with Crippen molar-refractivity contribution in [2.75, 3.05) is 19.7 Å². The van der Waals surface area contributed by atoms with Crippen LogP contribution in [-0.4, -0.2) is 42.6 Å². The average molecular weight is 196 g/mol. The second-order valence-electron chi connectivity index (χ2n) is 3.60. The van der Waals surface area contributed by atoms with Gasteiger partial charge in [-0.05, 0) is 18.4 Å². The van der Waals surface area contributed by atoms with E-state index in [-0.39, 0.29) is 18.1 Å². The zero-order valence-corrected chi connectivity index (χ0v) is 7.80. The highest BCUT2D eigenvalue weighted by molar-refractivity contribution is 5.82. The summed E-state index contributed by atoms with van der Waals surface area (Å²) in [6, 6.07) is -0.0367. The molecule has 2 heterocycles. The van der Waals surface area contributed by atoms with E-state index in [2.05, 4.69) is 10.0 Å². The standard InChI is InChI=1S/C8H12N4O2/c9-11-10-6-4-12(5-6)8(13)7-2-1-3-14-7/h6-7H,1-5H2/t7-/m0/s1. The van der Waals surface area contributed by atoms with Crippen LogP contribution in [0.2, 0.25) is 0 Å². The highest BCUT2D eigenvalue weighted by atomic mass is 16.5. The van der Waals surface area contributed by atoms with E-state index in [0.29, 0.717) is 19.7 Å². The van der Waals surface area contributed by atoms with Crippen LogP contribution >= 0.6 is 0 Å². The van der Waals surface area contributed by atoms with Crippen LogP contribution in [0, 0.1) is 0 Å². The van der Waals surface area contributed by atoms with Gasteiger partial charge in [0.25, 0.3) is 5.91 Å². The molecular formula is C8H12N4O2. The van der Waals surface area contributed by atoms with E-state index >= 15 is 0 Å². The third kappa shape index (κ3) is 1.66. The number of azide groups is 1. The maximum atomic E-state index is 11.6. The Balaban J connectivity index is 1.81. The van der Waals surface area contributed by atoms with E-state index in [4.69, 9.17) is 10.3 Å².